The molecule has 1 amide bonds. The van der Waals surface area contributed by atoms with Crippen LogP contribution in [0, 0.1) is 0 Å². The number of rotatable bonds is 5. The first-order valence-corrected chi connectivity index (χ1v) is 9.98. The smallest absolute Gasteiger partial charge is 0.250 e. The van der Waals surface area contributed by atoms with Crippen LogP contribution in [0.15, 0.2) is 28.0 Å². The monoisotopic (exact) mass is 369 g/mol. The van der Waals surface area contributed by atoms with Crippen molar-refractivity contribution in [3.8, 4) is 0 Å². The molecular weight excluding hydrogens is 350 g/mol. The molecule has 0 atom stereocenters. The van der Waals surface area contributed by atoms with Crippen LogP contribution in [-0.4, -0.2) is 53.6 Å². The Morgan fingerprint density at radius 2 is 2.17 bits per heavy atom. The molecule has 24 heavy (non-hydrogen) atoms. The second-order valence-electron chi connectivity index (χ2n) is 5.71. The molecule has 0 radical (unpaired) electrons. The Balaban J connectivity index is 1.52. The fourth-order valence-electron chi connectivity index (χ4n) is 2.80. The molecule has 2 aromatic heterocycles. The second-order valence-corrected chi connectivity index (χ2v) is 8.65. The first-order chi connectivity index (χ1) is 11.5. The molecule has 1 fully saturated rings. The highest BCUT2D eigenvalue weighted by molar-refractivity contribution is 7.91. The van der Waals surface area contributed by atoms with Crippen molar-refractivity contribution >= 4 is 27.3 Å². The van der Waals surface area contributed by atoms with Gasteiger partial charge < -0.3 is 9.47 Å². The molecule has 3 heterocycles. The highest BCUT2D eigenvalue weighted by Crippen LogP contribution is 2.26. The van der Waals surface area contributed by atoms with Crippen LogP contribution in [0.5, 0.6) is 0 Å². The van der Waals surface area contributed by atoms with Gasteiger partial charge in [0.05, 0.1) is 6.54 Å². The minimum atomic E-state index is -3.60. The van der Waals surface area contributed by atoms with E-state index in [4.69, 9.17) is 0 Å². The molecular formula is C14H19N5O3S2. The van der Waals surface area contributed by atoms with Gasteiger partial charge in [-0.05, 0) is 24.3 Å². The molecule has 0 saturated carbocycles. The third kappa shape index (κ3) is 3.65. The molecule has 1 aliphatic rings. The fraction of sp³-hybridized carbons (Fsp3) is 0.500. The zero-order chi connectivity index (χ0) is 17.2. The molecule has 1 saturated heterocycles. The van der Waals surface area contributed by atoms with E-state index < -0.39 is 10.0 Å². The standard InChI is InChI=1S/C14H19N5O3S2/c1-18-10-15-17-14(18)11-4-6-19(7-5-11)12(20)9-16-24(21,22)13-3-2-8-23-13/h2-3,8,10-11,16H,4-7,9H2,1H3. The van der Waals surface area contributed by atoms with Gasteiger partial charge in [0.1, 0.15) is 16.4 Å². The zero-order valence-corrected chi connectivity index (χ0v) is 14.9. The lowest BCUT2D eigenvalue weighted by Gasteiger charge is -2.31. The van der Waals surface area contributed by atoms with Gasteiger partial charge in [-0.15, -0.1) is 21.5 Å². The lowest BCUT2D eigenvalue weighted by molar-refractivity contribution is -0.131. The molecule has 0 bridgehead atoms. The van der Waals surface area contributed by atoms with Gasteiger partial charge in [-0.3, -0.25) is 4.79 Å². The van der Waals surface area contributed by atoms with Crippen molar-refractivity contribution in [2.45, 2.75) is 23.0 Å². The molecule has 2 aromatic rings. The van der Waals surface area contributed by atoms with Crippen LogP contribution in [0.1, 0.15) is 24.6 Å². The summed E-state index contributed by atoms with van der Waals surface area (Å²) < 4.78 is 28.6. The molecule has 3 rings (SSSR count). The predicted octanol–water partition coefficient (Wildman–Crippen LogP) is 0.561. The van der Waals surface area contributed by atoms with Gasteiger partial charge in [0, 0.05) is 26.1 Å². The van der Waals surface area contributed by atoms with Gasteiger partial charge in [-0.1, -0.05) is 6.07 Å². The Hall–Kier alpha value is -1.78. The molecule has 0 aliphatic carbocycles. The van der Waals surface area contributed by atoms with E-state index >= 15 is 0 Å². The quantitative estimate of drug-likeness (QED) is 0.831. The average Bonchev–Trinajstić information content (AvgIpc) is 3.25. The lowest BCUT2D eigenvalue weighted by atomic mass is 9.96. The van der Waals surface area contributed by atoms with Crippen LogP contribution in [-0.2, 0) is 21.9 Å². The maximum atomic E-state index is 12.2. The van der Waals surface area contributed by atoms with E-state index in [1.54, 1.807) is 22.7 Å². The summed E-state index contributed by atoms with van der Waals surface area (Å²) in [6.07, 6.45) is 3.28. The third-order valence-corrected chi connectivity index (χ3v) is 6.93. The first kappa shape index (κ1) is 17.1. The fourth-order valence-corrected chi connectivity index (χ4v) is 4.82. The van der Waals surface area contributed by atoms with Crippen molar-refractivity contribution in [2.24, 2.45) is 7.05 Å². The minimum absolute atomic E-state index is 0.202. The number of nitrogens with one attached hydrogen (secondary N) is 1. The maximum absolute atomic E-state index is 12.2. The van der Waals surface area contributed by atoms with Crippen molar-refractivity contribution in [3.05, 3.63) is 29.7 Å². The third-order valence-electron chi connectivity index (χ3n) is 4.13. The van der Waals surface area contributed by atoms with Crippen molar-refractivity contribution in [1.29, 1.82) is 0 Å². The van der Waals surface area contributed by atoms with Gasteiger partial charge in [0.25, 0.3) is 10.0 Å². The zero-order valence-electron chi connectivity index (χ0n) is 13.3. The number of aryl methyl sites for hydroxylation is 1. The number of carbonyl (C=O) groups is 1. The summed E-state index contributed by atoms with van der Waals surface area (Å²) in [4.78, 5) is 13.9. The number of sulfonamides is 1. The maximum Gasteiger partial charge on any atom is 0.250 e. The van der Waals surface area contributed by atoms with Crippen LogP contribution in [0.3, 0.4) is 0 Å². The molecule has 0 unspecified atom stereocenters. The molecule has 0 spiro atoms. The Kier molecular flexibility index (Phi) is 4.97. The van der Waals surface area contributed by atoms with Crippen LogP contribution >= 0.6 is 11.3 Å². The van der Waals surface area contributed by atoms with Crippen LogP contribution in [0.25, 0.3) is 0 Å². The van der Waals surface area contributed by atoms with E-state index in [-0.39, 0.29) is 22.6 Å². The van der Waals surface area contributed by atoms with Crippen molar-refractivity contribution in [1.82, 2.24) is 24.4 Å². The van der Waals surface area contributed by atoms with Gasteiger partial charge in [0.2, 0.25) is 5.91 Å². The summed E-state index contributed by atoms with van der Waals surface area (Å²) in [7, 11) is -1.69. The molecule has 1 aliphatic heterocycles. The molecule has 1 N–H and O–H groups in total. The predicted molar refractivity (Wildman–Crippen MR) is 89.1 cm³/mol. The van der Waals surface area contributed by atoms with Gasteiger partial charge in [-0.25, -0.2) is 13.1 Å². The number of nitrogens with zero attached hydrogens (tertiary/aromatic N) is 4. The number of amides is 1. The van der Waals surface area contributed by atoms with Gasteiger partial charge >= 0.3 is 0 Å². The number of piperidine rings is 1. The summed E-state index contributed by atoms with van der Waals surface area (Å²) >= 11 is 1.13. The van der Waals surface area contributed by atoms with E-state index in [9.17, 15) is 13.2 Å². The van der Waals surface area contributed by atoms with Crippen molar-refractivity contribution in [2.75, 3.05) is 19.6 Å². The van der Waals surface area contributed by atoms with Crippen LogP contribution in [0.2, 0.25) is 0 Å². The van der Waals surface area contributed by atoms with E-state index in [2.05, 4.69) is 14.9 Å². The van der Waals surface area contributed by atoms with E-state index in [1.807, 2.05) is 11.6 Å². The number of likely N-dealkylation sites (tertiary alicyclic amines) is 1. The lowest BCUT2D eigenvalue weighted by Crippen LogP contribution is -2.43. The average molecular weight is 369 g/mol. The number of hydrogen-bond donors (Lipinski definition) is 1. The Morgan fingerprint density at radius 3 is 2.75 bits per heavy atom. The van der Waals surface area contributed by atoms with E-state index in [0.29, 0.717) is 13.1 Å². The number of thiophene rings is 1. The first-order valence-electron chi connectivity index (χ1n) is 7.62. The Morgan fingerprint density at radius 1 is 1.42 bits per heavy atom. The second kappa shape index (κ2) is 6.99. The largest absolute Gasteiger partial charge is 0.342 e. The summed E-state index contributed by atoms with van der Waals surface area (Å²) in [5.41, 5.74) is 0. The number of hydrogen-bond acceptors (Lipinski definition) is 6. The minimum Gasteiger partial charge on any atom is -0.342 e. The summed E-state index contributed by atoms with van der Waals surface area (Å²) in [6, 6.07) is 3.18. The summed E-state index contributed by atoms with van der Waals surface area (Å²) in [5, 5.41) is 9.70. The SMILES string of the molecule is Cn1cnnc1C1CCN(C(=O)CNS(=O)(=O)c2cccs2)CC1. The Labute approximate surface area is 144 Å². The van der Waals surface area contributed by atoms with Crippen LogP contribution < -0.4 is 4.72 Å². The molecule has 0 aromatic carbocycles. The Bertz CT molecular complexity index is 792. The topological polar surface area (TPSA) is 97.2 Å². The van der Waals surface area contributed by atoms with Gasteiger partial charge in [0.15, 0.2) is 0 Å². The summed E-state index contributed by atoms with van der Waals surface area (Å²) in [5.74, 6) is 1.01. The highest BCUT2D eigenvalue weighted by Gasteiger charge is 2.27. The normalized spacial score (nSPS) is 16.5. The number of carbonyl (C=O) groups excluding carboxylic acids is 1. The highest BCUT2D eigenvalue weighted by atomic mass is 32.2. The summed E-state index contributed by atoms with van der Waals surface area (Å²) in [6.45, 7) is 0.975. The number of aromatic nitrogens is 3. The molecule has 8 nitrogen and oxygen atoms in total. The van der Waals surface area contributed by atoms with Gasteiger partial charge in [-0.2, -0.15) is 0 Å². The van der Waals surface area contributed by atoms with E-state index in [0.717, 1.165) is 30.0 Å². The van der Waals surface area contributed by atoms with Crippen molar-refractivity contribution in [3.63, 3.8) is 0 Å². The molecule has 10 heteroatoms. The van der Waals surface area contributed by atoms with E-state index in [1.165, 1.54) is 6.07 Å². The molecule has 130 valence electrons. The van der Waals surface area contributed by atoms with Crippen LogP contribution in [0.4, 0.5) is 0 Å². The van der Waals surface area contributed by atoms with Crippen molar-refractivity contribution < 1.29 is 13.2 Å².